The maximum Gasteiger partial charge on any atom is 0.00692 e. The fraction of sp³-hybridized carbons (Fsp3) is 1.00. The van der Waals surface area contributed by atoms with E-state index in [2.05, 4.69) is 27.8 Å². The normalized spacial score (nSPS) is 21.5. The summed E-state index contributed by atoms with van der Waals surface area (Å²) >= 11 is 3.51. The van der Waals surface area contributed by atoms with Crippen LogP contribution in [-0.4, -0.2) is 29.9 Å². The van der Waals surface area contributed by atoms with Gasteiger partial charge in [-0.3, -0.25) is 0 Å². The highest BCUT2D eigenvalue weighted by atomic mass is 79.9. The summed E-state index contributed by atoms with van der Waals surface area (Å²) in [5.74, 6) is 0.813. The highest BCUT2D eigenvalue weighted by molar-refractivity contribution is 9.09. The number of nitrogens with zero attached hydrogens (tertiary/aromatic N) is 1. The third kappa shape index (κ3) is 4.83. The zero-order chi connectivity index (χ0) is 8.10. The summed E-state index contributed by atoms with van der Waals surface area (Å²) < 4.78 is 0. The Labute approximate surface area is 94.8 Å². The van der Waals surface area contributed by atoms with Gasteiger partial charge < -0.3 is 4.90 Å². The van der Waals surface area contributed by atoms with E-state index >= 15 is 0 Å². The van der Waals surface area contributed by atoms with Crippen LogP contribution >= 0.6 is 32.9 Å². The summed E-state index contributed by atoms with van der Waals surface area (Å²) in [4.78, 5) is 2.59. The molecule has 0 amide bonds. The molecular weight excluding hydrogens is 282 g/mol. The number of rotatable bonds is 3. The molecule has 0 aromatic rings. The van der Waals surface area contributed by atoms with Crippen LogP contribution in [-0.2, 0) is 0 Å². The number of hydrogen-bond donors (Lipinski definition) is 0. The molecule has 0 aliphatic carbocycles. The molecule has 0 bridgehead atoms. The first-order chi connectivity index (χ1) is 5.33. The van der Waals surface area contributed by atoms with Gasteiger partial charge in [-0.05, 0) is 31.8 Å². The highest BCUT2D eigenvalue weighted by Crippen LogP contribution is 2.11. The molecule has 0 saturated carbocycles. The zero-order valence-corrected chi connectivity index (χ0v) is 11.1. The average Bonchev–Trinajstić information content (AvgIpc) is 2.06. The number of piperidine rings is 1. The molecule has 3 heteroatoms. The van der Waals surface area contributed by atoms with Crippen LogP contribution in [0.3, 0.4) is 0 Å². The Morgan fingerprint density at radius 1 is 1.25 bits per heavy atom. The second kappa shape index (κ2) is 7.34. The Morgan fingerprint density at radius 3 is 2.33 bits per heavy atom. The van der Waals surface area contributed by atoms with Crippen molar-refractivity contribution in [2.45, 2.75) is 26.2 Å². The Balaban J connectivity index is 0.00000121. The lowest BCUT2D eigenvalue weighted by Crippen LogP contribution is -2.33. The molecule has 1 rings (SSSR count). The lowest BCUT2D eigenvalue weighted by Gasteiger charge is -2.28. The number of alkyl halides is 1. The predicted molar refractivity (Wildman–Crippen MR) is 63.6 cm³/mol. The molecule has 1 heterocycles. The van der Waals surface area contributed by atoms with E-state index in [0.717, 1.165) is 11.2 Å². The molecule has 12 heavy (non-hydrogen) atoms. The van der Waals surface area contributed by atoms with Gasteiger partial charge in [-0.2, -0.15) is 0 Å². The topological polar surface area (TPSA) is 3.24 Å². The molecule has 0 aromatic heterocycles. The second-order valence-electron chi connectivity index (χ2n) is 3.62. The molecule has 1 nitrogen and oxygen atoms in total. The summed E-state index contributed by atoms with van der Waals surface area (Å²) in [5, 5.41) is 1.14. The molecule has 0 aromatic carbocycles. The lowest BCUT2D eigenvalue weighted by atomic mass is 10.1. The van der Waals surface area contributed by atoms with Crippen molar-refractivity contribution in [3.05, 3.63) is 0 Å². The fourth-order valence-electron chi connectivity index (χ4n) is 1.63. The van der Waals surface area contributed by atoms with Gasteiger partial charge in [-0.1, -0.05) is 29.3 Å². The van der Waals surface area contributed by atoms with E-state index in [1.165, 1.54) is 38.9 Å². The van der Waals surface area contributed by atoms with E-state index < -0.39 is 0 Å². The molecule has 0 spiro atoms. The second-order valence-corrected chi connectivity index (χ2v) is 4.27. The van der Waals surface area contributed by atoms with Crippen LogP contribution in [0.1, 0.15) is 26.2 Å². The van der Waals surface area contributed by atoms with Gasteiger partial charge in [0, 0.05) is 11.9 Å². The number of likely N-dealkylation sites (tertiary alicyclic amines) is 1. The first-order valence-electron chi connectivity index (χ1n) is 4.61. The molecule has 1 saturated heterocycles. The standard InChI is InChI=1S/C9H18BrN.BrH/c1-9(7-10)8-11-5-3-2-4-6-11;/h9H,2-8H2,1H3;1H. The lowest BCUT2D eigenvalue weighted by molar-refractivity contribution is 0.207. The van der Waals surface area contributed by atoms with Crippen molar-refractivity contribution in [2.24, 2.45) is 5.92 Å². The Hall–Kier alpha value is 0.920. The van der Waals surface area contributed by atoms with E-state index in [1.54, 1.807) is 0 Å². The maximum absolute atomic E-state index is 3.51. The van der Waals surface area contributed by atoms with Crippen molar-refractivity contribution in [2.75, 3.05) is 25.0 Å². The molecule has 1 unspecified atom stereocenters. The van der Waals surface area contributed by atoms with Crippen LogP contribution in [0.5, 0.6) is 0 Å². The SMILES string of the molecule is Br.CC(CBr)CN1CCCCC1. The van der Waals surface area contributed by atoms with Gasteiger partial charge in [0.15, 0.2) is 0 Å². The Bertz CT molecular complexity index is 103. The molecule has 0 radical (unpaired) electrons. The summed E-state index contributed by atoms with van der Waals surface area (Å²) in [6, 6.07) is 0. The molecule has 1 aliphatic rings. The summed E-state index contributed by atoms with van der Waals surface area (Å²) in [7, 11) is 0. The average molecular weight is 301 g/mol. The fourth-order valence-corrected chi connectivity index (χ4v) is 1.84. The molecular formula is C9H19Br2N. The van der Waals surface area contributed by atoms with Gasteiger partial charge in [-0.25, -0.2) is 0 Å². The van der Waals surface area contributed by atoms with Gasteiger partial charge >= 0.3 is 0 Å². The van der Waals surface area contributed by atoms with E-state index in [1.807, 2.05) is 0 Å². The Morgan fingerprint density at radius 2 is 1.83 bits per heavy atom. The van der Waals surface area contributed by atoms with Crippen LogP contribution in [0.4, 0.5) is 0 Å². The molecule has 1 atom stereocenters. The van der Waals surface area contributed by atoms with Crippen molar-refractivity contribution >= 4 is 32.9 Å². The van der Waals surface area contributed by atoms with Gasteiger partial charge in [0.1, 0.15) is 0 Å². The monoisotopic (exact) mass is 299 g/mol. The minimum atomic E-state index is 0. The van der Waals surface area contributed by atoms with Crippen molar-refractivity contribution < 1.29 is 0 Å². The van der Waals surface area contributed by atoms with Crippen molar-refractivity contribution in [1.82, 2.24) is 4.90 Å². The first-order valence-corrected chi connectivity index (χ1v) is 5.73. The van der Waals surface area contributed by atoms with Crippen LogP contribution in [0.15, 0.2) is 0 Å². The molecule has 1 aliphatic heterocycles. The third-order valence-electron chi connectivity index (χ3n) is 2.28. The maximum atomic E-state index is 3.51. The van der Waals surface area contributed by atoms with Gasteiger partial charge in [-0.15, -0.1) is 17.0 Å². The van der Waals surface area contributed by atoms with Gasteiger partial charge in [0.05, 0.1) is 0 Å². The Kier molecular flexibility index (Phi) is 7.90. The minimum Gasteiger partial charge on any atom is -0.303 e. The first kappa shape index (κ1) is 12.9. The summed E-state index contributed by atoms with van der Waals surface area (Å²) in [5.41, 5.74) is 0. The van der Waals surface area contributed by atoms with Gasteiger partial charge in [0.25, 0.3) is 0 Å². The van der Waals surface area contributed by atoms with Crippen LogP contribution in [0.25, 0.3) is 0 Å². The van der Waals surface area contributed by atoms with Crippen LogP contribution in [0, 0.1) is 5.92 Å². The third-order valence-corrected chi connectivity index (χ3v) is 3.39. The van der Waals surface area contributed by atoms with Crippen molar-refractivity contribution in [3.63, 3.8) is 0 Å². The summed E-state index contributed by atoms with van der Waals surface area (Å²) in [6.07, 6.45) is 4.27. The van der Waals surface area contributed by atoms with Crippen molar-refractivity contribution in [1.29, 1.82) is 0 Å². The van der Waals surface area contributed by atoms with Crippen LogP contribution < -0.4 is 0 Å². The largest absolute Gasteiger partial charge is 0.303 e. The molecule has 1 fully saturated rings. The van der Waals surface area contributed by atoms with Crippen molar-refractivity contribution in [3.8, 4) is 0 Å². The number of hydrogen-bond acceptors (Lipinski definition) is 1. The van der Waals surface area contributed by atoms with Gasteiger partial charge in [0.2, 0.25) is 0 Å². The molecule has 74 valence electrons. The highest BCUT2D eigenvalue weighted by Gasteiger charge is 2.11. The number of halogens is 2. The van der Waals surface area contributed by atoms with E-state index in [0.29, 0.717) is 0 Å². The van der Waals surface area contributed by atoms with E-state index in [4.69, 9.17) is 0 Å². The predicted octanol–water partition coefficient (Wildman–Crippen LogP) is 3.08. The minimum absolute atomic E-state index is 0. The zero-order valence-electron chi connectivity index (χ0n) is 7.76. The quantitative estimate of drug-likeness (QED) is 0.724. The molecule has 0 N–H and O–H groups in total. The van der Waals surface area contributed by atoms with Crippen LogP contribution in [0.2, 0.25) is 0 Å². The summed E-state index contributed by atoms with van der Waals surface area (Å²) in [6.45, 7) is 6.25. The smallest absolute Gasteiger partial charge is 0.00692 e. The van der Waals surface area contributed by atoms with E-state index in [-0.39, 0.29) is 17.0 Å². The van der Waals surface area contributed by atoms with E-state index in [9.17, 15) is 0 Å².